The fourth-order valence-electron chi connectivity index (χ4n) is 3.37. The summed E-state index contributed by atoms with van der Waals surface area (Å²) in [5.74, 6) is 1.35. The van der Waals surface area contributed by atoms with Crippen LogP contribution in [0, 0.1) is 0 Å². The molecule has 0 aliphatic carbocycles. The van der Waals surface area contributed by atoms with E-state index in [0.717, 1.165) is 25.1 Å². The van der Waals surface area contributed by atoms with Crippen molar-refractivity contribution in [2.24, 2.45) is 0 Å². The number of hydrogen-bond acceptors (Lipinski definition) is 4. The Balaban J connectivity index is 1.67. The summed E-state index contributed by atoms with van der Waals surface area (Å²) in [6.45, 7) is 1.23. The van der Waals surface area contributed by atoms with Gasteiger partial charge in [0.25, 0.3) is 0 Å². The van der Waals surface area contributed by atoms with E-state index in [4.69, 9.17) is 21.1 Å². The van der Waals surface area contributed by atoms with Gasteiger partial charge in [0.15, 0.2) is 0 Å². The average molecular weight is 375 g/mol. The summed E-state index contributed by atoms with van der Waals surface area (Å²) in [4.78, 5) is 14.8. The first kappa shape index (κ1) is 18.5. The summed E-state index contributed by atoms with van der Waals surface area (Å²) < 4.78 is 10.5. The summed E-state index contributed by atoms with van der Waals surface area (Å²) in [5, 5.41) is 3.46. The Morgan fingerprint density at radius 1 is 1.19 bits per heavy atom. The van der Waals surface area contributed by atoms with E-state index in [2.05, 4.69) is 22.3 Å². The minimum atomic E-state index is -0.0778. The maximum absolute atomic E-state index is 12.6. The number of anilines is 1. The third-order valence-corrected chi connectivity index (χ3v) is 4.88. The Morgan fingerprint density at radius 2 is 1.96 bits per heavy atom. The Morgan fingerprint density at radius 3 is 2.65 bits per heavy atom. The molecule has 0 spiro atoms. The van der Waals surface area contributed by atoms with Gasteiger partial charge in [0.05, 0.1) is 26.5 Å². The Hall–Kier alpha value is -2.24. The van der Waals surface area contributed by atoms with Crippen LogP contribution in [0.2, 0.25) is 5.02 Å². The minimum Gasteiger partial charge on any atom is -0.497 e. The van der Waals surface area contributed by atoms with E-state index >= 15 is 0 Å². The van der Waals surface area contributed by atoms with Crippen molar-refractivity contribution in [3.05, 3.63) is 53.1 Å². The quantitative estimate of drug-likeness (QED) is 0.825. The molecule has 2 aromatic carbocycles. The first-order valence-electron chi connectivity index (χ1n) is 8.62. The molecule has 0 radical (unpaired) electrons. The molecule has 26 heavy (non-hydrogen) atoms. The molecule has 0 saturated carbocycles. The van der Waals surface area contributed by atoms with Crippen LogP contribution in [0.1, 0.15) is 24.4 Å². The summed E-state index contributed by atoms with van der Waals surface area (Å²) in [5.41, 5.74) is 1.79. The van der Waals surface area contributed by atoms with Crippen molar-refractivity contribution in [3.63, 3.8) is 0 Å². The van der Waals surface area contributed by atoms with E-state index in [-0.39, 0.29) is 11.9 Å². The second kappa shape index (κ2) is 8.43. The van der Waals surface area contributed by atoms with Gasteiger partial charge in [0.1, 0.15) is 11.5 Å². The van der Waals surface area contributed by atoms with E-state index < -0.39 is 0 Å². The van der Waals surface area contributed by atoms with Crippen LogP contribution in [-0.2, 0) is 4.79 Å². The van der Waals surface area contributed by atoms with Gasteiger partial charge < -0.3 is 14.8 Å². The van der Waals surface area contributed by atoms with Gasteiger partial charge in [0, 0.05) is 11.1 Å². The number of likely N-dealkylation sites (tertiary alicyclic amines) is 1. The molecular formula is C20H23ClN2O3. The van der Waals surface area contributed by atoms with Gasteiger partial charge in [-0.05, 0) is 55.3 Å². The third kappa shape index (κ3) is 4.29. The molecule has 6 heteroatoms. The van der Waals surface area contributed by atoms with Crippen LogP contribution in [0.25, 0.3) is 0 Å². The monoisotopic (exact) mass is 374 g/mol. The Kier molecular flexibility index (Phi) is 6.01. The summed E-state index contributed by atoms with van der Waals surface area (Å²) in [6, 6.07) is 13.5. The van der Waals surface area contributed by atoms with E-state index in [1.54, 1.807) is 32.4 Å². The molecule has 1 amide bonds. The predicted octanol–water partition coefficient (Wildman–Crippen LogP) is 4.13. The molecule has 1 N–H and O–H groups in total. The molecule has 1 unspecified atom stereocenters. The van der Waals surface area contributed by atoms with Gasteiger partial charge in [-0.3, -0.25) is 9.69 Å². The lowest BCUT2D eigenvalue weighted by molar-refractivity contribution is -0.117. The van der Waals surface area contributed by atoms with Gasteiger partial charge in [-0.25, -0.2) is 0 Å². The second-order valence-electron chi connectivity index (χ2n) is 6.29. The Labute approximate surface area is 158 Å². The van der Waals surface area contributed by atoms with E-state index in [0.29, 0.717) is 23.0 Å². The van der Waals surface area contributed by atoms with Crippen molar-refractivity contribution < 1.29 is 14.3 Å². The lowest BCUT2D eigenvalue weighted by Crippen LogP contribution is -2.33. The van der Waals surface area contributed by atoms with Crippen LogP contribution in [0.5, 0.6) is 11.5 Å². The summed E-state index contributed by atoms with van der Waals surface area (Å²) in [6.07, 6.45) is 2.12. The normalized spacial score (nSPS) is 17.1. The van der Waals surface area contributed by atoms with E-state index in [1.165, 1.54) is 5.56 Å². The topological polar surface area (TPSA) is 50.8 Å². The molecule has 1 heterocycles. The Bertz CT molecular complexity index is 764. The molecule has 5 nitrogen and oxygen atoms in total. The predicted molar refractivity (Wildman–Crippen MR) is 103 cm³/mol. The molecule has 0 bridgehead atoms. The molecule has 1 aliphatic rings. The molecule has 2 aromatic rings. The number of carbonyl (C=O) groups excluding carboxylic acids is 1. The van der Waals surface area contributed by atoms with Gasteiger partial charge in [0.2, 0.25) is 5.91 Å². The molecule has 1 fully saturated rings. The van der Waals surface area contributed by atoms with E-state index in [9.17, 15) is 4.79 Å². The summed E-state index contributed by atoms with van der Waals surface area (Å²) >= 11 is 6.03. The zero-order valence-electron chi connectivity index (χ0n) is 15.0. The highest BCUT2D eigenvalue weighted by molar-refractivity contribution is 6.31. The smallest absolute Gasteiger partial charge is 0.238 e. The maximum Gasteiger partial charge on any atom is 0.238 e. The largest absolute Gasteiger partial charge is 0.497 e. The first-order chi connectivity index (χ1) is 12.6. The van der Waals surface area contributed by atoms with Crippen molar-refractivity contribution in [1.82, 2.24) is 4.90 Å². The number of methoxy groups -OCH3 is 2. The zero-order chi connectivity index (χ0) is 18.5. The molecule has 0 aromatic heterocycles. The van der Waals surface area contributed by atoms with Crippen LogP contribution in [0.15, 0.2) is 42.5 Å². The number of hydrogen-bond donors (Lipinski definition) is 1. The van der Waals surface area contributed by atoms with Gasteiger partial charge >= 0.3 is 0 Å². The number of amides is 1. The first-order valence-corrected chi connectivity index (χ1v) is 9.00. The van der Waals surface area contributed by atoms with Crippen molar-refractivity contribution in [1.29, 1.82) is 0 Å². The highest BCUT2D eigenvalue weighted by Crippen LogP contribution is 2.33. The number of nitrogens with zero attached hydrogens (tertiary/aromatic N) is 1. The number of benzene rings is 2. The molecule has 1 atom stereocenters. The number of nitrogens with one attached hydrogen (secondary N) is 1. The number of rotatable bonds is 6. The molecule has 138 valence electrons. The molecule has 3 rings (SSSR count). The molecular weight excluding hydrogens is 352 g/mol. The van der Waals surface area contributed by atoms with Crippen LogP contribution >= 0.6 is 11.6 Å². The number of ether oxygens (including phenoxy) is 2. The van der Waals surface area contributed by atoms with Crippen LogP contribution in [-0.4, -0.2) is 38.1 Å². The summed E-state index contributed by atoms with van der Waals surface area (Å²) in [7, 11) is 3.23. The number of carbonyl (C=O) groups is 1. The van der Waals surface area contributed by atoms with Crippen molar-refractivity contribution >= 4 is 23.2 Å². The van der Waals surface area contributed by atoms with E-state index in [1.807, 2.05) is 12.1 Å². The van der Waals surface area contributed by atoms with Gasteiger partial charge in [-0.1, -0.05) is 23.7 Å². The molecule has 1 saturated heterocycles. The van der Waals surface area contributed by atoms with Crippen LogP contribution in [0.3, 0.4) is 0 Å². The highest BCUT2D eigenvalue weighted by atomic mass is 35.5. The van der Waals surface area contributed by atoms with Crippen LogP contribution in [0.4, 0.5) is 5.69 Å². The zero-order valence-corrected chi connectivity index (χ0v) is 15.8. The van der Waals surface area contributed by atoms with Crippen LogP contribution < -0.4 is 14.8 Å². The SMILES string of the molecule is COc1ccc(C2CCCN2CC(=O)Nc2cc(Cl)ccc2OC)cc1. The maximum atomic E-state index is 12.6. The fraction of sp³-hybridized carbons (Fsp3) is 0.350. The van der Waals surface area contributed by atoms with Crippen molar-refractivity contribution in [2.75, 3.05) is 32.6 Å². The minimum absolute atomic E-state index is 0.0778. The lowest BCUT2D eigenvalue weighted by atomic mass is 10.0. The third-order valence-electron chi connectivity index (χ3n) is 4.65. The van der Waals surface area contributed by atoms with Crippen molar-refractivity contribution in [3.8, 4) is 11.5 Å². The average Bonchev–Trinajstić information content (AvgIpc) is 3.10. The van der Waals surface area contributed by atoms with Crippen molar-refractivity contribution in [2.45, 2.75) is 18.9 Å². The fourth-order valence-corrected chi connectivity index (χ4v) is 3.54. The van der Waals surface area contributed by atoms with Gasteiger partial charge in [-0.15, -0.1) is 0 Å². The lowest BCUT2D eigenvalue weighted by Gasteiger charge is -2.24. The van der Waals surface area contributed by atoms with Gasteiger partial charge in [-0.2, -0.15) is 0 Å². The standard InChI is InChI=1S/C20H23ClN2O3/c1-25-16-8-5-14(6-9-16)18-4-3-11-23(18)13-20(24)22-17-12-15(21)7-10-19(17)26-2/h5-10,12,18H,3-4,11,13H2,1-2H3,(H,22,24). The highest BCUT2D eigenvalue weighted by Gasteiger charge is 2.27. The number of halogens is 1. The molecule has 1 aliphatic heterocycles. The second-order valence-corrected chi connectivity index (χ2v) is 6.73.